The Balaban J connectivity index is 1.61. The van der Waals surface area contributed by atoms with Crippen molar-refractivity contribution in [2.24, 2.45) is 0 Å². The van der Waals surface area contributed by atoms with Gasteiger partial charge in [0.15, 0.2) is 0 Å². The molecule has 2 amide bonds. The third-order valence-corrected chi connectivity index (χ3v) is 4.50. The number of nitrogens with zero attached hydrogens (tertiary/aromatic N) is 2. The number of carbonyl (C=O) groups is 2. The standard InChI is InChI=1S/C19H18F3N3O2/c20-19(21,22)16-6-2-1-5-15(16)18(27)25-10-7-14(8-11-25)24-17(26)13-4-3-9-23-12-13/h1-6,9,12,14H,7-8,10-11H2,(H,24,26). The smallest absolute Gasteiger partial charge is 0.349 e. The number of hydrogen-bond acceptors (Lipinski definition) is 3. The Morgan fingerprint density at radius 2 is 1.78 bits per heavy atom. The quantitative estimate of drug-likeness (QED) is 0.894. The van der Waals surface area contributed by atoms with E-state index in [2.05, 4.69) is 10.3 Å². The molecule has 0 radical (unpaired) electrons. The van der Waals surface area contributed by atoms with Gasteiger partial charge in [-0.15, -0.1) is 0 Å². The van der Waals surface area contributed by atoms with Gasteiger partial charge in [0, 0.05) is 31.5 Å². The Hall–Kier alpha value is -2.90. The summed E-state index contributed by atoms with van der Waals surface area (Å²) in [4.78, 5) is 30.0. The lowest BCUT2D eigenvalue weighted by Crippen LogP contribution is -2.46. The molecule has 2 heterocycles. The number of halogens is 3. The van der Waals surface area contributed by atoms with Gasteiger partial charge in [-0.2, -0.15) is 13.2 Å². The third-order valence-electron chi connectivity index (χ3n) is 4.50. The van der Waals surface area contributed by atoms with Crippen LogP contribution >= 0.6 is 0 Å². The average Bonchev–Trinajstić information content (AvgIpc) is 2.68. The molecule has 3 rings (SSSR count). The normalized spacial score (nSPS) is 15.4. The Morgan fingerprint density at radius 3 is 2.41 bits per heavy atom. The van der Waals surface area contributed by atoms with Gasteiger partial charge in [0.05, 0.1) is 16.7 Å². The molecule has 1 aromatic heterocycles. The number of piperidine rings is 1. The van der Waals surface area contributed by atoms with Gasteiger partial charge in [0.2, 0.25) is 0 Å². The molecule has 0 spiro atoms. The molecule has 142 valence electrons. The Kier molecular flexibility index (Phi) is 5.43. The van der Waals surface area contributed by atoms with Crippen LogP contribution < -0.4 is 5.32 Å². The van der Waals surface area contributed by atoms with Crippen molar-refractivity contribution in [3.05, 3.63) is 65.5 Å². The SMILES string of the molecule is O=C(NC1CCN(C(=O)c2ccccc2C(F)(F)F)CC1)c1cccnc1. The van der Waals surface area contributed by atoms with Crippen molar-refractivity contribution in [3.63, 3.8) is 0 Å². The molecule has 1 aliphatic heterocycles. The minimum absolute atomic E-state index is 0.139. The molecule has 0 aliphatic carbocycles. The summed E-state index contributed by atoms with van der Waals surface area (Å²) in [5.41, 5.74) is -0.833. The van der Waals surface area contributed by atoms with Crippen molar-refractivity contribution in [1.29, 1.82) is 0 Å². The highest BCUT2D eigenvalue weighted by Gasteiger charge is 2.36. The zero-order valence-electron chi connectivity index (χ0n) is 14.4. The first kappa shape index (κ1) is 18.9. The Bertz CT molecular complexity index is 816. The number of rotatable bonds is 3. The van der Waals surface area contributed by atoms with Crippen molar-refractivity contribution in [1.82, 2.24) is 15.2 Å². The summed E-state index contributed by atoms with van der Waals surface area (Å²) in [7, 11) is 0. The number of pyridine rings is 1. The first-order valence-corrected chi connectivity index (χ1v) is 8.52. The second-order valence-corrected chi connectivity index (χ2v) is 6.32. The van der Waals surface area contributed by atoms with Crippen LogP contribution in [0.3, 0.4) is 0 Å². The molecular weight excluding hydrogens is 359 g/mol. The van der Waals surface area contributed by atoms with Crippen molar-refractivity contribution in [2.75, 3.05) is 13.1 Å². The molecule has 1 fully saturated rings. The van der Waals surface area contributed by atoms with Crippen LogP contribution in [-0.2, 0) is 6.18 Å². The van der Waals surface area contributed by atoms with Gasteiger partial charge in [-0.25, -0.2) is 0 Å². The summed E-state index contributed by atoms with van der Waals surface area (Å²) in [5.74, 6) is -0.893. The van der Waals surface area contributed by atoms with E-state index in [1.165, 1.54) is 29.3 Å². The van der Waals surface area contributed by atoms with Crippen molar-refractivity contribution in [2.45, 2.75) is 25.1 Å². The van der Waals surface area contributed by atoms with Crippen LogP contribution in [0.25, 0.3) is 0 Å². The minimum atomic E-state index is -4.58. The van der Waals surface area contributed by atoms with Gasteiger partial charge in [-0.05, 0) is 37.1 Å². The van der Waals surface area contributed by atoms with E-state index >= 15 is 0 Å². The van der Waals surface area contributed by atoms with Crippen molar-refractivity contribution in [3.8, 4) is 0 Å². The second-order valence-electron chi connectivity index (χ2n) is 6.32. The summed E-state index contributed by atoms with van der Waals surface area (Å²) in [5, 5.41) is 2.87. The van der Waals surface area contributed by atoms with E-state index in [4.69, 9.17) is 0 Å². The highest BCUT2D eigenvalue weighted by atomic mass is 19.4. The van der Waals surface area contributed by atoms with E-state index < -0.39 is 17.6 Å². The van der Waals surface area contributed by atoms with Gasteiger partial charge >= 0.3 is 6.18 Å². The first-order chi connectivity index (χ1) is 12.9. The predicted octanol–water partition coefficient (Wildman–Crippen LogP) is 3.14. The maximum Gasteiger partial charge on any atom is 0.417 e. The first-order valence-electron chi connectivity index (χ1n) is 8.52. The molecule has 0 unspecified atom stereocenters. The molecule has 0 atom stereocenters. The number of alkyl halides is 3. The highest BCUT2D eigenvalue weighted by molar-refractivity contribution is 5.96. The number of nitrogens with one attached hydrogen (secondary N) is 1. The topological polar surface area (TPSA) is 62.3 Å². The lowest BCUT2D eigenvalue weighted by atomic mass is 10.0. The molecule has 1 N–H and O–H groups in total. The maximum absolute atomic E-state index is 13.1. The summed E-state index contributed by atoms with van der Waals surface area (Å²) in [6.45, 7) is 0.562. The van der Waals surface area contributed by atoms with E-state index in [0.29, 0.717) is 18.4 Å². The van der Waals surface area contributed by atoms with Gasteiger partial charge in [0.25, 0.3) is 11.8 Å². The fourth-order valence-corrected chi connectivity index (χ4v) is 3.08. The third kappa shape index (κ3) is 4.45. The highest BCUT2D eigenvalue weighted by Crippen LogP contribution is 2.32. The molecule has 1 aromatic carbocycles. The lowest BCUT2D eigenvalue weighted by Gasteiger charge is -2.33. The maximum atomic E-state index is 13.1. The molecule has 0 saturated carbocycles. The predicted molar refractivity (Wildman–Crippen MR) is 92.1 cm³/mol. The molecule has 1 aliphatic rings. The van der Waals surface area contributed by atoms with Gasteiger partial charge in [-0.3, -0.25) is 14.6 Å². The van der Waals surface area contributed by atoms with Crippen LogP contribution in [0, 0.1) is 0 Å². The fourth-order valence-electron chi connectivity index (χ4n) is 3.08. The molecule has 1 saturated heterocycles. The molecule has 5 nitrogen and oxygen atoms in total. The van der Waals surface area contributed by atoms with Crippen LogP contribution in [0.2, 0.25) is 0 Å². The van der Waals surface area contributed by atoms with Crippen LogP contribution in [0.15, 0.2) is 48.8 Å². The fraction of sp³-hybridized carbons (Fsp3) is 0.316. The second kappa shape index (κ2) is 7.77. The molecule has 0 bridgehead atoms. The van der Waals surface area contributed by atoms with Gasteiger partial charge < -0.3 is 10.2 Å². The van der Waals surface area contributed by atoms with E-state index in [1.54, 1.807) is 18.3 Å². The number of carbonyl (C=O) groups excluding carboxylic acids is 2. The Morgan fingerprint density at radius 1 is 1.07 bits per heavy atom. The van der Waals surface area contributed by atoms with Gasteiger partial charge in [0.1, 0.15) is 0 Å². The largest absolute Gasteiger partial charge is 0.417 e. The van der Waals surface area contributed by atoms with Crippen LogP contribution in [0.4, 0.5) is 13.2 Å². The van der Waals surface area contributed by atoms with Crippen LogP contribution in [0.1, 0.15) is 39.1 Å². The summed E-state index contributed by atoms with van der Waals surface area (Å²) in [6.07, 6.45) is -0.595. The molecule has 2 aromatic rings. The van der Waals surface area contributed by atoms with E-state index in [9.17, 15) is 22.8 Å². The number of amides is 2. The number of likely N-dealkylation sites (tertiary alicyclic amines) is 1. The Labute approximate surface area is 154 Å². The average molecular weight is 377 g/mol. The van der Waals surface area contributed by atoms with Crippen molar-refractivity contribution >= 4 is 11.8 Å². The lowest BCUT2D eigenvalue weighted by molar-refractivity contribution is -0.138. The number of aromatic nitrogens is 1. The summed E-state index contributed by atoms with van der Waals surface area (Å²) in [6, 6.07) is 7.96. The number of hydrogen-bond donors (Lipinski definition) is 1. The minimum Gasteiger partial charge on any atom is -0.349 e. The van der Waals surface area contributed by atoms with E-state index in [1.807, 2.05) is 0 Å². The summed E-state index contributed by atoms with van der Waals surface area (Å²) < 4.78 is 39.4. The van der Waals surface area contributed by atoms with Gasteiger partial charge in [-0.1, -0.05) is 12.1 Å². The molecule has 8 heteroatoms. The van der Waals surface area contributed by atoms with E-state index in [0.717, 1.165) is 6.07 Å². The van der Waals surface area contributed by atoms with Crippen LogP contribution in [-0.4, -0.2) is 40.8 Å². The summed E-state index contributed by atoms with van der Waals surface area (Å²) >= 11 is 0. The molecular formula is C19H18F3N3O2. The molecule has 27 heavy (non-hydrogen) atoms. The number of benzene rings is 1. The monoisotopic (exact) mass is 377 g/mol. The zero-order chi connectivity index (χ0) is 19.4. The van der Waals surface area contributed by atoms with E-state index in [-0.39, 0.29) is 30.6 Å². The zero-order valence-corrected chi connectivity index (χ0v) is 14.4. The van der Waals surface area contributed by atoms with Crippen molar-refractivity contribution < 1.29 is 22.8 Å². The van der Waals surface area contributed by atoms with Crippen LogP contribution in [0.5, 0.6) is 0 Å².